The Morgan fingerprint density at radius 2 is 0.955 bits per heavy atom. The first-order chi connectivity index (χ1) is 21.6. The third-order valence-corrected chi connectivity index (χ3v) is 9.24. The van der Waals surface area contributed by atoms with Crippen molar-refractivity contribution in [1.29, 1.82) is 10.5 Å². The number of hydrogen-bond donors (Lipinski definition) is 0. The molecule has 0 radical (unpaired) electrons. The molecule has 0 unspecified atom stereocenters. The molecule has 44 heavy (non-hydrogen) atoms. The lowest BCUT2D eigenvalue weighted by atomic mass is 10.1. The Kier molecular flexibility index (Phi) is 8.55. The van der Waals surface area contributed by atoms with Crippen molar-refractivity contribution in [3.8, 4) is 12.1 Å². The normalized spacial score (nSPS) is 11.0. The van der Waals surface area contributed by atoms with Crippen LogP contribution >= 0.6 is 23.5 Å². The summed E-state index contributed by atoms with van der Waals surface area (Å²) in [6, 6.07) is 33.6. The first kappa shape index (κ1) is 28.9. The van der Waals surface area contributed by atoms with E-state index >= 15 is 0 Å². The number of hydrogen-bond acceptors (Lipinski definition) is 8. The number of rotatable bonds is 9. The van der Waals surface area contributed by atoms with Crippen molar-refractivity contribution in [2.24, 2.45) is 0 Å². The molecule has 6 aromatic rings. The van der Waals surface area contributed by atoms with E-state index in [0.29, 0.717) is 54.8 Å². The molecule has 0 amide bonds. The number of fused-ring (bicyclic) bond motifs is 2. The number of thioether (sulfide) groups is 2. The van der Waals surface area contributed by atoms with Gasteiger partial charge >= 0.3 is 0 Å². The lowest BCUT2D eigenvalue weighted by molar-refractivity contribution is 0.486. The largest absolute Gasteiger partial charge is 0.285 e. The highest BCUT2D eigenvalue weighted by Crippen LogP contribution is 2.26. The maximum absolute atomic E-state index is 13.8. The highest BCUT2D eigenvalue weighted by atomic mass is 32.2. The fraction of sp³-hybridized carbons (Fsp3) is 0.118. The Balaban J connectivity index is 1.38. The van der Waals surface area contributed by atoms with Gasteiger partial charge < -0.3 is 0 Å². The molecule has 0 N–H and O–H groups in total. The highest BCUT2D eigenvalue weighted by Gasteiger charge is 2.16. The Morgan fingerprint density at radius 3 is 1.39 bits per heavy atom. The van der Waals surface area contributed by atoms with E-state index in [1.807, 2.05) is 48.5 Å². The van der Waals surface area contributed by atoms with Gasteiger partial charge in [0.2, 0.25) is 0 Å². The van der Waals surface area contributed by atoms with Gasteiger partial charge in [0, 0.05) is 24.6 Å². The topological polar surface area (TPSA) is 117 Å². The summed E-state index contributed by atoms with van der Waals surface area (Å²) in [5.41, 5.74) is 3.60. The van der Waals surface area contributed by atoms with Crippen molar-refractivity contribution >= 4 is 45.3 Å². The molecule has 0 aliphatic heterocycles. The molecule has 0 spiro atoms. The average molecular weight is 613 g/mol. The molecule has 0 aliphatic rings. The van der Waals surface area contributed by atoms with E-state index in [-0.39, 0.29) is 24.2 Å². The maximum Gasteiger partial charge on any atom is 0.262 e. The minimum atomic E-state index is -0.203. The lowest BCUT2D eigenvalue weighted by Crippen LogP contribution is -2.30. The molecule has 0 bridgehead atoms. The van der Waals surface area contributed by atoms with Crippen LogP contribution < -0.4 is 11.1 Å². The van der Waals surface area contributed by atoms with Gasteiger partial charge in [-0.15, -0.1) is 0 Å². The predicted molar refractivity (Wildman–Crippen MR) is 173 cm³/mol. The Hall–Kier alpha value is -5.16. The van der Waals surface area contributed by atoms with Crippen LogP contribution in [0.25, 0.3) is 21.8 Å². The number of nitrogens with zero attached hydrogens (tertiary/aromatic N) is 6. The molecule has 4 aromatic carbocycles. The molecule has 0 saturated heterocycles. The first-order valence-electron chi connectivity index (χ1n) is 13.8. The Morgan fingerprint density at radius 1 is 0.568 bits per heavy atom. The molecule has 0 atom stereocenters. The van der Waals surface area contributed by atoms with Gasteiger partial charge in [-0.25, -0.2) is 9.97 Å². The Labute approximate surface area is 261 Å². The van der Waals surface area contributed by atoms with E-state index < -0.39 is 0 Å². The zero-order valence-corrected chi connectivity index (χ0v) is 25.0. The van der Waals surface area contributed by atoms with Crippen molar-refractivity contribution in [3.05, 3.63) is 140 Å². The quantitative estimate of drug-likeness (QED) is 0.141. The van der Waals surface area contributed by atoms with E-state index in [1.165, 1.54) is 23.5 Å². The van der Waals surface area contributed by atoms with Crippen molar-refractivity contribution < 1.29 is 0 Å². The summed E-state index contributed by atoms with van der Waals surface area (Å²) in [4.78, 5) is 37.2. The predicted octanol–water partition coefficient (Wildman–Crippen LogP) is 6.13. The summed E-state index contributed by atoms with van der Waals surface area (Å²) in [6.45, 7) is 0.363. The van der Waals surface area contributed by atoms with Crippen molar-refractivity contribution in [1.82, 2.24) is 19.1 Å². The third kappa shape index (κ3) is 5.86. The minimum absolute atomic E-state index is 0.182. The number of aromatic nitrogens is 4. The van der Waals surface area contributed by atoms with Crippen molar-refractivity contribution in [2.45, 2.75) is 34.9 Å². The van der Waals surface area contributed by atoms with Gasteiger partial charge in [-0.1, -0.05) is 84.2 Å². The average Bonchev–Trinajstić information content (AvgIpc) is 3.07. The van der Waals surface area contributed by atoms with Crippen LogP contribution in [0.1, 0.15) is 22.3 Å². The highest BCUT2D eigenvalue weighted by molar-refractivity contribution is 7.98. The molecular weight excluding hydrogens is 589 g/mol. The van der Waals surface area contributed by atoms with Gasteiger partial charge in [0.05, 0.1) is 45.1 Å². The van der Waals surface area contributed by atoms with Gasteiger partial charge in [-0.3, -0.25) is 18.7 Å². The summed E-state index contributed by atoms with van der Waals surface area (Å²) in [5.74, 6) is 0.900. The summed E-state index contributed by atoms with van der Waals surface area (Å²) in [6.07, 6.45) is 0. The van der Waals surface area contributed by atoms with Crippen molar-refractivity contribution in [2.75, 3.05) is 0 Å². The van der Waals surface area contributed by atoms with Crippen LogP contribution in [0.2, 0.25) is 0 Å². The van der Waals surface area contributed by atoms with Gasteiger partial charge in [0.1, 0.15) is 0 Å². The van der Waals surface area contributed by atoms with Gasteiger partial charge in [0.25, 0.3) is 11.1 Å². The van der Waals surface area contributed by atoms with Gasteiger partial charge in [0.15, 0.2) is 10.3 Å². The molecular formula is C34H24N6O2S2. The van der Waals surface area contributed by atoms with Crippen LogP contribution in [0.15, 0.2) is 117 Å². The zero-order chi connectivity index (χ0) is 30.5. The molecule has 214 valence electrons. The van der Waals surface area contributed by atoms with E-state index in [2.05, 4.69) is 12.1 Å². The fourth-order valence-electron chi connectivity index (χ4n) is 4.91. The lowest BCUT2D eigenvalue weighted by Gasteiger charge is -2.17. The SMILES string of the molecule is N#Cc1ccccc1CSc1nc2ccccc2c(=O)n1CCn1c(SCc2ccccc2C#N)nc2ccccc2c1=O. The third-order valence-electron chi connectivity index (χ3n) is 7.19. The minimum Gasteiger partial charge on any atom is -0.285 e. The van der Waals surface area contributed by atoms with Gasteiger partial charge in [-0.2, -0.15) is 10.5 Å². The van der Waals surface area contributed by atoms with Crippen LogP contribution in [-0.4, -0.2) is 19.1 Å². The summed E-state index contributed by atoms with van der Waals surface area (Å²) < 4.78 is 3.20. The summed E-state index contributed by atoms with van der Waals surface area (Å²) in [5, 5.41) is 21.1. The number of para-hydroxylation sites is 2. The molecule has 6 rings (SSSR count). The van der Waals surface area contributed by atoms with Crippen LogP contribution in [0.4, 0.5) is 0 Å². The molecule has 8 nitrogen and oxygen atoms in total. The molecule has 2 aromatic heterocycles. The van der Waals surface area contributed by atoms with Crippen molar-refractivity contribution in [3.63, 3.8) is 0 Å². The van der Waals surface area contributed by atoms with Crippen LogP contribution in [-0.2, 0) is 24.6 Å². The second-order valence-corrected chi connectivity index (χ2v) is 11.7. The van der Waals surface area contributed by atoms with Crippen LogP contribution in [0.3, 0.4) is 0 Å². The second kappa shape index (κ2) is 13.0. The zero-order valence-electron chi connectivity index (χ0n) is 23.4. The standard InChI is InChI=1S/C34H24N6O2S2/c35-19-23-9-1-3-11-25(23)21-43-33-37-29-15-7-5-13-27(29)31(41)39(33)17-18-40-32(42)28-14-6-8-16-30(28)38-34(40)44-22-26-12-4-2-10-24(26)20-36/h1-16H,17-18,21-22H2. The maximum atomic E-state index is 13.8. The van der Waals surface area contributed by atoms with E-state index in [0.717, 1.165) is 11.1 Å². The first-order valence-corrected chi connectivity index (χ1v) is 15.8. The number of nitriles is 2. The number of benzene rings is 4. The molecule has 0 aliphatic carbocycles. The molecule has 0 saturated carbocycles. The van der Waals surface area contributed by atoms with Gasteiger partial charge in [-0.05, 0) is 47.5 Å². The monoisotopic (exact) mass is 612 g/mol. The summed E-state index contributed by atoms with van der Waals surface area (Å²) in [7, 11) is 0. The molecule has 0 fully saturated rings. The molecule has 2 heterocycles. The smallest absolute Gasteiger partial charge is 0.262 e. The summed E-state index contributed by atoms with van der Waals surface area (Å²) >= 11 is 2.76. The fourth-order valence-corrected chi connectivity index (χ4v) is 6.96. The van der Waals surface area contributed by atoms with Crippen LogP contribution in [0.5, 0.6) is 0 Å². The second-order valence-electron chi connectivity index (χ2n) is 9.85. The van der Waals surface area contributed by atoms with E-state index in [4.69, 9.17) is 9.97 Å². The Bertz CT molecular complexity index is 2070. The molecule has 10 heteroatoms. The van der Waals surface area contributed by atoms with Crippen LogP contribution in [0, 0.1) is 22.7 Å². The van der Waals surface area contributed by atoms with E-state index in [9.17, 15) is 20.1 Å². The van der Waals surface area contributed by atoms with E-state index in [1.54, 1.807) is 57.7 Å².